The van der Waals surface area contributed by atoms with E-state index in [1.54, 1.807) is 0 Å². The highest BCUT2D eigenvalue weighted by Crippen LogP contribution is 2.55. The van der Waals surface area contributed by atoms with Crippen LogP contribution in [-0.2, 0) is 5.41 Å². The summed E-state index contributed by atoms with van der Waals surface area (Å²) in [6, 6.07) is 93.5. The molecule has 0 fully saturated rings. The van der Waals surface area contributed by atoms with Crippen molar-refractivity contribution in [1.82, 2.24) is 0 Å². The third kappa shape index (κ3) is 6.55. The molecule has 0 radical (unpaired) electrons. The summed E-state index contributed by atoms with van der Waals surface area (Å²) in [6.45, 7) is 2.39. The largest absolute Gasteiger partial charge is 0.310 e. The molecule has 306 valence electrons. The number of benzene rings is 11. The van der Waals surface area contributed by atoms with E-state index in [1.807, 2.05) is 0 Å². The van der Waals surface area contributed by atoms with Crippen LogP contribution in [0.15, 0.2) is 255 Å². The van der Waals surface area contributed by atoms with Gasteiger partial charge in [0.25, 0.3) is 0 Å². The molecule has 11 aromatic carbocycles. The molecule has 11 aromatic rings. The van der Waals surface area contributed by atoms with E-state index < -0.39 is 0 Å². The number of hydrogen-bond acceptors (Lipinski definition) is 1. The molecule has 0 heterocycles. The van der Waals surface area contributed by atoms with Gasteiger partial charge in [-0.1, -0.05) is 218 Å². The summed E-state index contributed by atoms with van der Waals surface area (Å²) >= 11 is 0. The highest BCUT2D eigenvalue weighted by molar-refractivity contribution is 6.03. The Hall–Kier alpha value is -8.26. The van der Waals surface area contributed by atoms with E-state index in [9.17, 15) is 0 Å². The minimum Gasteiger partial charge on any atom is -0.310 e. The number of fused-ring (bicyclic) bond motifs is 5. The molecule has 1 heteroatoms. The predicted molar refractivity (Wildman–Crippen MR) is 275 cm³/mol. The van der Waals surface area contributed by atoms with E-state index >= 15 is 0 Å². The highest BCUT2D eigenvalue weighted by atomic mass is 15.1. The van der Waals surface area contributed by atoms with Gasteiger partial charge in [0.05, 0.1) is 5.69 Å². The Morgan fingerprint density at radius 3 is 1.51 bits per heavy atom. The first kappa shape index (κ1) is 38.4. The van der Waals surface area contributed by atoms with Crippen molar-refractivity contribution in [2.24, 2.45) is 0 Å². The van der Waals surface area contributed by atoms with Gasteiger partial charge in [-0.05, 0) is 132 Å². The molecule has 1 unspecified atom stereocenters. The molecule has 0 saturated carbocycles. The summed E-state index contributed by atoms with van der Waals surface area (Å²) in [6.07, 6.45) is 0. The molecule has 1 atom stereocenters. The van der Waals surface area contributed by atoms with Crippen LogP contribution in [0.4, 0.5) is 17.1 Å². The minimum absolute atomic E-state index is 0.268. The second-order valence-corrected chi connectivity index (χ2v) is 17.4. The summed E-state index contributed by atoms with van der Waals surface area (Å²) in [5.74, 6) is 0. The molecule has 0 aromatic heterocycles. The van der Waals surface area contributed by atoms with Gasteiger partial charge >= 0.3 is 0 Å². The van der Waals surface area contributed by atoms with Gasteiger partial charge in [-0.3, -0.25) is 0 Å². The second kappa shape index (κ2) is 15.8. The van der Waals surface area contributed by atoms with E-state index in [2.05, 4.69) is 267 Å². The first-order valence-corrected chi connectivity index (χ1v) is 22.6. The van der Waals surface area contributed by atoms with Crippen molar-refractivity contribution in [3.8, 4) is 55.6 Å². The van der Waals surface area contributed by atoms with Crippen molar-refractivity contribution < 1.29 is 0 Å². The standard InChI is InChI=1S/C64H45N/c1-64(52-20-6-3-7-21-52)60-26-11-10-23-58(60)63-57(25-14-27-61(63)64)51-34-33-49-19-13-28-62(59(49)43-51)65(54-41-37-50(38-42-54)56-24-12-18-48-17-8-9-22-55(48)56)53-39-35-47(36-40-53)46-31-29-45(30-32-46)44-15-4-2-5-16-44/h2-43H,1H3. The van der Waals surface area contributed by atoms with Crippen molar-refractivity contribution in [2.45, 2.75) is 12.3 Å². The van der Waals surface area contributed by atoms with Crippen LogP contribution in [0, 0.1) is 0 Å². The van der Waals surface area contributed by atoms with Gasteiger partial charge in [0, 0.05) is 22.2 Å². The molecule has 1 aliphatic carbocycles. The van der Waals surface area contributed by atoms with E-state index in [0.29, 0.717) is 0 Å². The van der Waals surface area contributed by atoms with Gasteiger partial charge in [0.15, 0.2) is 0 Å². The van der Waals surface area contributed by atoms with Crippen LogP contribution in [-0.4, -0.2) is 0 Å². The zero-order valence-corrected chi connectivity index (χ0v) is 36.2. The summed E-state index contributed by atoms with van der Waals surface area (Å²) in [7, 11) is 0. The molecule has 1 aliphatic rings. The molecular weight excluding hydrogens is 783 g/mol. The average molecular weight is 828 g/mol. The fraction of sp³-hybridized carbons (Fsp3) is 0.0312. The molecular formula is C64H45N. The van der Waals surface area contributed by atoms with E-state index in [4.69, 9.17) is 0 Å². The van der Waals surface area contributed by atoms with Crippen LogP contribution < -0.4 is 4.90 Å². The van der Waals surface area contributed by atoms with Gasteiger partial charge in [-0.15, -0.1) is 0 Å². The Balaban J connectivity index is 0.993. The highest BCUT2D eigenvalue weighted by Gasteiger charge is 2.41. The summed E-state index contributed by atoms with van der Waals surface area (Å²) in [4.78, 5) is 2.43. The maximum atomic E-state index is 2.43. The third-order valence-corrected chi connectivity index (χ3v) is 13.8. The fourth-order valence-corrected chi connectivity index (χ4v) is 10.5. The maximum absolute atomic E-state index is 2.43. The van der Waals surface area contributed by atoms with Crippen LogP contribution in [0.3, 0.4) is 0 Å². The first-order chi connectivity index (χ1) is 32.1. The van der Waals surface area contributed by atoms with Crippen molar-refractivity contribution in [3.05, 3.63) is 271 Å². The molecule has 0 saturated heterocycles. The van der Waals surface area contributed by atoms with Crippen LogP contribution in [0.5, 0.6) is 0 Å². The fourth-order valence-electron chi connectivity index (χ4n) is 10.5. The number of anilines is 3. The summed E-state index contributed by atoms with van der Waals surface area (Å²) in [5, 5.41) is 4.89. The molecule has 0 bridgehead atoms. The average Bonchev–Trinajstić information content (AvgIpc) is 3.66. The normalized spacial score (nSPS) is 14.0. The zero-order valence-electron chi connectivity index (χ0n) is 36.2. The smallest absolute Gasteiger partial charge is 0.0540 e. The third-order valence-electron chi connectivity index (χ3n) is 13.8. The van der Waals surface area contributed by atoms with Crippen molar-refractivity contribution in [2.75, 3.05) is 4.90 Å². The molecule has 65 heavy (non-hydrogen) atoms. The minimum atomic E-state index is -0.268. The van der Waals surface area contributed by atoms with Gasteiger partial charge in [-0.2, -0.15) is 0 Å². The lowest BCUT2D eigenvalue weighted by atomic mass is 9.74. The zero-order chi connectivity index (χ0) is 43.3. The molecule has 1 nitrogen and oxygen atoms in total. The lowest BCUT2D eigenvalue weighted by molar-refractivity contribution is 0.714. The Morgan fingerprint density at radius 2 is 0.785 bits per heavy atom. The SMILES string of the molecule is CC1(c2ccccc2)c2ccccc2-c2c(-c3ccc4cccc(N(c5ccc(-c6ccc(-c7ccccc7)cc6)cc5)c5ccc(-c6cccc7ccccc67)cc5)c4c3)cccc21. The van der Waals surface area contributed by atoms with Crippen LogP contribution in [0.25, 0.3) is 77.2 Å². The topological polar surface area (TPSA) is 3.24 Å². The first-order valence-electron chi connectivity index (χ1n) is 22.6. The Labute approximate surface area is 381 Å². The monoisotopic (exact) mass is 827 g/mol. The van der Waals surface area contributed by atoms with E-state index in [-0.39, 0.29) is 5.41 Å². The Kier molecular flexibility index (Phi) is 9.35. The van der Waals surface area contributed by atoms with Crippen LogP contribution in [0.1, 0.15) is 23.6 Å². The maximum Gasteiger partial charge on any atom is 0.0540 e. The van der Waals surface area contributed by atoms with Gasteiger partial charge in [-0.25, -0.2) is 0 Å². The van der Waals surface area contributed by atoms with Crippen molar-refractivity contribution in [3.63, 3.8) is 0 Å². The quantitative estimate of drug-likeness (QED) is 0.147. The van der Waals surface area contributed by atoms with Crippen LogP contribution in [0.2, 0.25) is 0 Å². The summed E-state index contributed by atoms with van der Waals surface area (Å²) < 4.78 is 0. The van der Waals surface area contributed by atoms with Crippen molar-refractivity contribution >= 4 is 38.6 Å². The number of rotatable bonds is 8. The molecule has 0 N–H and O–H groups in total. The molecule has 12 rings (SSSR count). The van der Waals surface area contributed by atoms with Crippen molar-refractivity contribution in [1.29, 1.82) is 0 Å². The lowest BCUT2D eigenvalue weighted by Crippen LogP contribution is -2.22. The van der Waals surface area contributed by atoms with Gasteiger partial charge in [0.1, 0.15) is 0 Å². The molecule has 0 aliphatic heterocycles. The Bertz CT molecular complexity index is 3510. The summed E-state index contributed by atoms with van der Waals surface area (Å²) in [5.41, 5.74) is 19.4. The Morgan fingerprint density at radius 1 is 0.308 bits per heavy atom. The molecule has 0 spiro atoms. The van der Waals surface area contributed by atoms with E-state index in [0.717, 1.165) is 17.1 Å². The molecule has 0 amide bonds. The number of nitrogens with zero attached hydrogens (tertiary/aromatic N) is 1. The van der Waals surface area contributed by atoms with Gasteiger partial charge in [0.2, 0.25) is 0 Å². The second-order valence-electron chi connectivity index (χ2n) is 17.4. The van der Waals surface area contributed by atoms with E-state index in [1.165, 1.54) is 93.9 Å². The van der Waals surface area contributed by atoms with Gasteiger partial charge < -0.3 is 4.90 Å². The predicted octanol–water partition coefficient (Wildman–Crippen LogP) is 17.5. The lowest BCUT2D eigenvalue weighted by Gasteiger charge is -2.28. The van der Waals surface area contributed by atoms with Crippen LogP contribution >= 0.6 is 0 Å². The number of hydrogen-bond donors (Lipinski definition) is 0.